The number of carbonyl (C=O) groups is 2. The summed E-state index contributed by atoms with van der Waals surface area (Å²) in [7, 11) is 0. The Balaban J connectivity index is 2.68. The fourth-order valence-electron chi connectivity index (χ4n) is 1.97. The molecule has 1 rings (SSSR count). The van der Waals surface area contributed by atoms with Crippen molar-refractivity contribution in [2.75, 3.05) is 0 Å². The minimum atomic E-state index is -1.00. The summed E-state index contributed by atoms with van der Waals surface area (Å²) >= 11 is 0. The number of carboxylic acid groups (broad SMARTS) is 1. The first-order chi connectivity index (χ1) is 9.45. The molecule has 0 radical (unpaired) electrons. The molecule has 1 amide bonds. The van der Waals surface area contributed by atoms with Crippen molar-refractivity contribution in [3.8, 4) is 0 Å². The number of hydrogen-bond donors (Lipinski definition) is 2. The topological polar surface area (TPSA) is 66.4 Å². The Morgan fingerprint density at radius 3 is 2.30 bits per heavy atom. The zero-order valence-corrected chi connectivity index (χ0v) is 12.3. The van der Waals surface area contributed by atoms with Gasteiger partial charge in [-0.3, -0.25) is 4.79 Å². The largest absolute Gasteiger partial charge is 0.480 e. The SMILES string of the molecule is CCC(C)C(C)C(=O)N[C@@H](Cc1ccccc1)C(=O)O. The van der Waals surface area contributed by atoms with E-state index in [9.17, 15) is 14.7 Å². The van der Waals surface area contributed by atoms with E-state index >= 15 is 0 Å². The molecule has 0 spiro atoms. The van der Waals surface area contributed by atoms with Gasteiger partial charge in [0.1, 0.15) is 6.04 Å². The summed E-state index contributed by atoms with van der Waals surface area (Å²) in [4.78, 5) is 23.4. The van der Waals surface area contributed by atoms with E-state index in [4.69, 9.17) is 0 Å². The fourth-order valence-corrected chi connectivity index (χ4v) is 1.97. The minimum absolute atomic E-state index is 0.183. The van der Waals surface area contributed by atoms with Crippen molar-refractivity contribution in [3.05, 3.63) is 35.9 Å². The third-order valence-electron chi connectivity index (χ3n) is 3.81. The molecule has 110 valence electrons. The van der Waals surface area contributed by atoms with E-state index in [-0.39, 0.29) is 17.7 Å². The van der Waals surface area contributed by atoms with Crippen molar-refractivity contribution < 1.29 is 14.7 Å². The van der Waals surface area contributed by atoms with Crippen LogP contribution in [0.15, 0.2) is 30.3 Å². The summed E-state index contributed by atoms with van der Waals surface area (Å²) in [6, 6.07) is 8.44. The third kappa shape index (κ3) is 4.68. The molecule has 0 aliphatic carbocycles. The van der Waals surface area contributed by atoms with Gasteiger partial charge in [-0.1, -0.05) is 57.5 Å². The number of rotatable bonds is 7. The Hall–Kier alpha value is -1.84. The van der Waals surface area contributed by atoms with E-state index in [1.165, 1.54) is 0 Å². The van der Waals surface area contributed by atoms with Crippen LogP contribution in [-0.2, 0) is 16.0 Å². The molecule has 0 aliphatic rings. The number of amides is 1. The molecule has 1 aromatic rings. The number of aliphatic carboxylic acids is 1. The maximum atomic E-state index is 12.1. The highest BCUT2D eigenvalue weighted by atomic mass is 16.4. The summed E-state index contributed by atoms with van der Waals surface area (Å²) < 4.78 is 0. The molecule has 0 bridgehead atoms. The average molecular weight is 277 g/mol. The normalized spacial score (nSPS) is 15.2. The molecule has 0 heterocycles. The predicted molar refractivity (Wildman–Crippen MR) is 78.3 cm³/mol. The van der Waals surface area contributed by atoms with Gasteiger partial charge in [-0.25, -0.2) is 4.79 Å². The second kappa shape index (κ2) is 7.68. The first-order valence-electron chi connectivity index (χ1n) is 7.02. The van der Waals surface area contributed by atoms with Crippen molar-refractivity contribution in [1.29, 1.82) is 0 Å². The van der Waals surface area contributed by atoms with Crippen molar-refractivity contribution >= 4 is 11.9 Å². The van der Waals surface area contributed by atoms with Gasteiger partial charge in [0.05, 0.1) is 0 Å². The molecular weight excluding hydrogens is 254 g/mol. The first kappa shape index (κ1) is 16.2. The molecule has 0 aromatic heterocycles. The maximum absolute atomic E-state index is 12.1. The minimum Gasteiger partial charge on any atom is -0.480 e. The highest BCUT2D eigenvalue weighted by molar-refractivity contribution is 5.85. The van der Waals surface area contributed by atoms with Gasteiger partial charge in [-0.05, 0) is 11.5 Å². The predicted octanol–water partition coefficient (Wildman–Crippen LogP) is 2.48. The molecule has 0 fully saturated rings. The van der Waals surface area contributed by atoms with Crippen LogP contribution in [-0.4, -0.2) is 23.0 Å². The highest BCUT2D eigenvalue weighted by Crippen LogP contribution is 2.15. The van der Waals surface area contributed by atoms with Gasteiger partial charge in [0.25, 0.3) is 0 Å². The smallest absolute Gasteiger partial charge is 0.326 e. The second-order valence-electron chi connectivity index (χ2n) is 5.26. The third-order valence-corrected chi connectivity index (χ3v) is 3.81. The maximum Gasteiger partial charge on any atom is 0.326 e. The van der Waals surface area contributed by atoms with Crippen molar-refractivity contribution in [2.45, 2.75) is 39.7 Å². The number of nitrogens with one attached hydrogen (secondary N) is 1. The van der Waals surface area contributed by atoms with Crippen LogP contribution in [0.2, 0.25) is 0 Å². The summed E-state index contributed by atoms with van der Waals surface area (Å²) in [6.45, 7) is 5.86. The van der Waals surface area contributed by atoms with Gasteiger partial charge in [0.2, 0.25) is 5.91 Å². The number of hydrogen-bond acceptors (Lipinski definition) is 2. The molecule has 2 unspecified atom stereocenters. The standard InChI is InChI=1S/C16H23NO3/c1-4-11(2)12(3)15(18)17-14(16(19)20)10-13-8-6-5-7-9-13/h5-9,11-12,14H,4,10H2,1-3H3,(H,17,18)(H,19,20)/t11?,12?,14-/m0/s1. The number of carboxylic acids is 1. The van der Waals surface area contributed by atoms with Crippen molar-refractivity contribution in [1.82, 2.24) is 5.32 Å². The second-order valence-corrected chi connectivity index (χ2v) is 5.26. The molecule has 4 heteroatoms. The highest BCUT2D eigenvalue weighted by Gasteiger charge is 2.25. The summed E-state index contributed by atoms with van der Waals surface area (Å²) in [6.07, 6.45) is 1.19. The average Bonchev–Trinajstić information content (AvgIpc) is 2.45. The molecule has 3 atom stereocenters. The van der Waals surface area contributed by atoms with Gasteiger partial charge < -0.3 is 10.4 Å². The van der Waals surface area contributed by atoms with E-state index in [1.54, 1.807) is 0 Å². The quantitative estimate of drug-likeness (QED) is 0.804. The summed E-state index contributed by atoms with van der Waals surface area (Å²) in [5.41, 5.74) is 0.899. The van der Waals surface area contributed by atoms with Crippen LogP contribution in [0.3, 0.4) is 0 Å². The van der Waals surface area contributed by atoms with E-state index in [2.05, 4.69) is 5.32 Å². The lowest BCUT2D eigenvalue weighted by Crippen LogP contribution is -2.45. The van der Waals surface area contributed by atoms with E-state index in [0.717, 1.165) is 12.0 Å². The van der Waals surface area contributed by atoms with E-state index < -0.39 is 12.0 Å². The van der Waals surface area contributed by atoms with Crippen LogP contribution in [0.25, 0.3) is 0 Å². The molecule has 2 N–H and O–H groups in total. The lowest BCUT2D eigenvalue weighted by molar-refractivity contribution is -0.142. The molecule has 0 saturated heterocycles. The molecular formula is C16H23NO3. The van der Waals surface area contributed by atoms with Gasteiger partial charge in [-0.2, -0.15) is 0 Å². The Morgan fingerprint density at radius 1 is 1.20 bits per heavy atom. The lowest BCUT2D eigenvalue weighted by atomic mass is 9.92. The van der Waals surface area contributed by atoms with Gasteiger partial charge >= 0.3 is 5.97 Å². The monoisotopic (exact) mass is 277 g/mol. The fraction of sp³-hybridized carbons (Fsp3) is 0.500. The van der Waals surface area contributed by atoms with E-state index in [0.29, 0.717) is 6.42 Å². The van der Waals surface area contributed by atoms with Crippen molar-refractivity contribution in [2.24, 2.45) is 11.8 Å². The van der Waals surface area contributed by atoms with Crippen LogP contribution in [0, 0.1) is 11.8 Å². The van der Waals surface area contributed by atoms with Crippen molar-refractivity contribution in [3.63, 3.8) is 0 Å². The molecule has 4 nitrogen and oxygen atoms in total. The zero-order chi connectivity index (χ0) is 15.1. The van der Waals surface area contributed by atoms with Crippen LogP contribution >= 0.6 is 0 Å². The Labute approximate surface area is 120 Å². The van der Waals surface area contributed by atoms with Crippen LogP contribution in [0.4, 0.5) is 0 Å². The number of benzene rings is 1. The van der Waals surface area contributed by atoms with Crippen LogP contribution in [0.5, 0.6) is 0 Å². The van der Waals surface area contributed by atoms with E-state index in [1.807, 2.05) is 51.1 Å². The zero-order valence-electron chi connectivity index (χ0n) is 12.3. The van der Waals surface area contributed by atoms with Gasteiger partial charge in [0, 0.05) is 12.3 Å². The Bertz CT molecular complexity index is 444. The first-order valence-corrected chi connectivity index (χ1v) is 7.02. The molecule has 0 aliphatic heterocycles. The van der Waals surface area contributed by atoms with Crippen LogP contribution < -0.4 is 5.32 Å². The van der Waals surface area contributed by atoms with Crippen LogP contribution in [0.1, 0.15) is 32.8 Å². The molecule has 0 saturated carbocycles. The summed E-state index contributed by atoms with van der Waals surface area (Å²) in [5, 5.41) is 11.9. The Kier molecular flexibility index (Phi) is 6.22. The van der Waals surface area contributed by atoms with Gasteiger partial charge in [-0.15, -0.1) is 0 Å². The van der Waals surface area contributed by atoms with Gasteiger partial charge in [0.15, 0.2) is 0 Å². The lowest BCUT2D eigenvalue weighted by Gasteiger charge is -2.21. The number of carbonyl (C=O) groups excluding carboxylic acids is 1. The summed E-state index contributed by atoms with van der Waals surface area (Å²) in [5.74, 6) is -1.14. The Morgan fingerprint density at radius 2 is 1.80 bits per heavy atom. The molecule has 1 aromatic carbocycles. The molecule has 20 heavy (non-hydrogen) atoms.